The Labute approximate surface area is 166 Å². The number of hydrogen-bond acceptors (Lipinski definition) is 4. The monoisotopic (exact) mass is 395 g/mol. The summed E-state index contributed by atoms with van der Waals surface area (Å²) in [6, 6.07) is 12.2. The minimum atomic E-state index is -0.720. The normalized spacial score (nSPS) is 15.1. The molecule has 0 saturated carbocycles. The number of allylic oxidation sites excluding steroid dienone is 2. The molecule has 0 radical (unpaired) electrons. The Balaban J connectivity index is 1.62. The van der Waals surface area contributed by atoms with Crippen LogP contribution < -0.4 is 15.4 Å². The van der Waals surface area contributed by atoms with Crippen LogP contribution in [0.25, 0.3) is 6.08 Å². The van der Waals surface area contributed by atoms with Crippen molar-refractivity contribution in [3.05, 3.63) is 77.8 Å². The molecular formula is C21H18FN3O4. The molecule has 7 nitrogen and oxygen atoms in total. The molecule has 0 aliphatic carbocycles. The molecule has 0 aromatic heterocycles. The average Bonchev–Trinajstić information content (AvgIpc) is 2.98. The molecule has 0 bridgehead atoms. The maximum absolute atomic E-state index is 13.6. The second kappa shape index (κ2) is 8.83. The van der Waals surface area contributed by atoms with Crippen molar-refractivity contribution < 1.29 is 23.5 Å². The van der Waals surface area contributed by atoms with E-state index in [0.717, 1.165) is 16.2 Å². The average molecular weight is 395 g/mol. The molecule has 29 heavy (non-hydrogen) atoms. The van der Waals surface area contributed by atoms with Gasteiger partial charge in [-0.15, -0.1) is 0 Å². The van der Waals surface area contributed by atoms with Crippen molar-refractivity contribution in [3.63, 3.8) is 0 Å². The Morgan fingerprint density at radius 1 is 1.17 bits per heavy atom. The van der Waals surface area contributed by atoms with Crippen molar-refractivity contribution in [2.24, 2.45) is 0 Å². The first-order valence-electron chi connectivity index (χ1n) is 8.67. The van der Waals surface area contributed by atoms with Gasteiger partial charge in [-0.1, -0.05) is 36.4 Å². The number of benzene rings is 2. The van der Waals surface area contributed by atoms with Crippen LogP contribution in [0.3, 0.4) is 0 Å². The number of ether oxygens (including phenoxy) is 1. The first-order chi connectivity index (χ1) is 14.0. The topological polar surface area (TPSA) is 87.7 Å². The Morgan fingerprint density at radius 3 is 2.59 bits per heavy atom. The number of amides is 4. The van der Waals surface area contributed by atoms with Crippen LogP contribution in [0, 0.1) is 5.82 Å². The van der Waals surface area contributed by atoms with Gasteiger partial charge in [0.1, 0.15) is 23.8 Å². The lowest BCUT2D eigenvalue weighted by Gasteiger charge is -2.12. The van der Waals surface area contributed by atoms with E-state index >= 15 is 0 Å². The Morgan fingerprint density at radius 2 is 1.90 bits per heavy atom. The lowest BCUT2D eigenvalue weighted by Crippen LogP contribution is -2.38. The summed E-state index contributed by atoms with van der Waals surface area (Å²) in [5.41, 5.74) is 0.891. The zero-order valence-electron chi connectivity index (χ0n) is 15.5. The standard InChI is InChI=1S/C21H18FN3O4/c1-29-15-11-9-14(10-12-15)5-4-8-18-20(27)25(21(28)24-18)13-19(26)23-17-7-3-2-6-16(17)22/h2-12H,13H2,1H3,(H,23,26)(H,24,28)/b5-4+,18-8+. The van der Waals surface area contributed by atoms with Crippen LogP contribution in [-0.2, 0) is 9.59 Å². The predicted molar refractivity (Wildman–Crippen MR) is 105 cm³/mol. The highest BCUT2D eigenvalue weighted by Crippen LogP contribution is 2.15. The van der Waals surface area contributed by atoms with E-state index in [1.54, 1.807) is 37.5 Å². The number of urea groups is 1. The summed E-state index contributed by atoms with van der Waals surface area (Å²) in [5.74, 6) is -1.21. The summed E-state index contributed by atoms with van der Waals surface area (Å²) < 4.78 is 18.7. The maximum atomic E-state index is 13.6. The van der Waals surface area contributed by atoms with Crippen molar-refractivity contribution in [3.8, 4) is 5.75 Å². The summed E-state index contributed by atoms with van der Waals surface area (Å²) in [5, 5.41) is 4.75. The van der Waals surface area contributed by atoms with Crippen LogP contribution in [0.5, 0.6) is 5.75 Å². The summed E-state index contributed by atoms with van der Waals surface area (Å²) in [4.78, 5) is 37.2. The molecule has 1 aliphatic rings. The number of nitrogens with one attached hydrogen (secondary N) is 2. The SMILES string of the molecule is COc1ccc(/C=C/C=C2/NC(=O)N(CC(=O)Nc3ccccc3F)C2=O)cc1. The van der Waals surface area contributed by atoms with Gasteiger partial charge in [0, 0.05) is 0 Å². The lowest BCUT2D eigenvalue weighted by atomic mass is 10.2. The number of carbonyl (C=O) groups is 3. The smallest absolute Gasteiger partial charge is 0.329 e. The predicted octanol–water partition coefficient (Wildman–Crippen LogP) is 2.92. The summed E-state index contributed by atoms with van der Waals surface area (Å²) >= 11 is 0. The van der Waals surface area contributed by atoms with Crippen molar-refractivity contribution in [1.29, 1.82) is 0 Å². The van der Waals surface area contributed by atoms with Crippen LogP contribution in [0.2, 0.25) is 0 Å². The third-order valence-electron chi connectivity index (χ3n) is 4.08. The van der Waals surface area contributed by atoms with E-state index < -0.39 is 30.2 Å². The van der Waals surface area contributed by atoms with E-state index in [1.807, 2.05) is 12.1 Å². The first-order valence-corrected chi connectivity index (χ1v) is 8.67. The minimum absolute atomic E-state index is 0.0252. The molecule has 1 heterocycles. The zero-order chi connectivity index (χ0) is 20.8. The van der Waals surface area contributed by atoms with E-state index in [2.05, 4.69) is 10.6 Å². The number of nitrogens with zero attached hydrogens (tertiary/aromatic N) is 1. The van der Waals surface area contributed by atoms with Crippen LogP contribution in [-0.4, -0.2) is 36.4 Å². The molecule has 1 aliphatic heterocycles. The number of anilines is 1. The number of rotatable bonds is 6. The van der Waals surface area contributed by atoms with E-state index in [4.69, 9.17) is 4.74 Å². The second-order valence-electron chi connectivity index (χ2n) is 6.06. The largest absolute Gasteiger partial charge is 0.497 e. The van der Waals surface area contributed by atoms with E-state index in [-0.39, 0.29) is 11.4 Å². The number of hydrogen-bond donors (Lipinski definition) is 2. The molecule has 0 unspecified atom stereocenters. The molecule has 2 aromatic rings. The highest BCUT2D eigenvalue weighted by molar-refractivity contribution is 6.14. The molecule has 3 rings (SSSR count). The van der Waals surface area contributed by atoms with E-state index in [9.17, 15) is 18.8 Å². The summed E-state index contributed by atoms with van der Waals surface area (Å²) in [7, 11) is 1.58. The molecule has 4 amide bonds. The van der Waals surface area contributed by atoms with Gasteiger partial charge in [-0.2, -0.15) is 0 Å². The number of methoxy groups -OCH3 is 1. The van der Waals surface area contributed by atoms with Crippen LogP contribution in [0.1, 0.15) is 5.56 Å². The van der Waals surface area contributed by atoms with E-state index in [0.29, 0.717) is 0 Å². The second-order valence-corrected chi connectivity index (χ2v) is 6.06. The van der Waals surface area contributed by atoms with Crippen molar-refractivity contribution >= 4 is 29.6 Å². The Hall–Kier alpha value is -3.94. The molecular weight excluding hydrogens is 377 g/mol. The van der Waals surface area contributed by atoms with Crippen molar-refractivity contribution in [1.82, 2.24) is 10.2 Å². The van der Waals surface area contributed by atoms with Gasteiger partial charge in [0.15, 0.2) is 0 Å². The molecule has 1 saturated heterocycles. The van der Waals surface area contributed by atoms with Crippen molar-refractivity contribution in [2.75, 3.05) is 19.0 Å². The molecule has 8 heteroatoms. The molecule has 0 spiro atoms. The lowest BCUT2D eigenvalue weighted by molar-refractivity contribution is -0.127. The maximum Gasteiger partial charge on any atom is 0.329 e. The van der Waals surface area contributed by atoms with E-state index in [1.165, 1.54) is 24.3 Å². The zero-order valence-corrected chi connectivity index (χ0v) is 15.5. The van der Waals surface area contributed by atoms with Gasteiger partial charge in [-0.3, -0.25) is 9.59 Å². The molecule has 1 fully saturated rings. The van der Waals surface area contributed by atoms with Gasteiger partial charge in [0.2, 0.25) is 5.91 Å². The van der Waals surface area contributed by atoms with Crippen LogP contribution in [0.4, 0.5) is 14.9 Å². The highest BCUT2D eigenvalue weighted by Gasteiger charge is 2.34. The number of halogens is 1. The third-order valence-corrected chi connectivity index (χ3v) is 4.08. The number of imide groups is 1. The fraction of sp³-hybridized carbons (Fsp3) is 0.0952. The quantitative estimate of drug-likeness (QED) is 0.582. The third kappa shape index (κ3) is 4.86. The fourth-order valence-corrected chi connectivity index (χ4v) is 2.60. The highest BCUT2D eigenvalue weighted by atomic mass is 19.1. The van der Waals surface area contributed by atoms with Gasteiger partial charge < -0.3 is 15.4 Å². The number of carbonyl (C=O) groups excluding carboxylic acids is 3. The summed E-state index contributed by atoms with van der Waals surface area (Å²) in [6.45, 7) is -0.529. The van der Waals surface area contributed by atoms with Gasteiger partial charge in [-0.05, 0) is 35.9 Å². The van der Waals surface area contributed by atoms with Crippen molar-refractivity contribution in [2.45, 2.75) is 0 Å². The molecule has 2 aromatic carbocycles. The van der Waals surface area contributed by atoms with Gasteiger partial charge >= 0.3 is 6.03 Å². The van der Waals surface area contributed by atoms with Crippen LogP contribution in [0.15, 0.2) is 66.4 Å². The molecule has 2 N–H and O–H groups in total. The molecule has 0 atom stereocenters. The molecule has 148 valence electrons. The van der Waals surface area contributed by atoms with Gasteiger partial charge in [0.05, 0.1) is 12.8 Å². The minimum Gasteiger partial charge on any atom is -0.497 e. The van der Waals surface area contributed by atoms with Gasteiger partial charge in [0.25, 0.3) is 5.91 Å². The summed E-state index contributed by atoms with van der Waals surface area (Å²) in [6.07, 6.45) is 4.80. The first kappa shape index (κ1) is 19.8. The van der Waals surface area contributed by atoms with Crippen LogP contribution >= 0.6 is 0 Å². The Kier molecular flexibility index (Phi) is 6.03. The number of para-hydroxylation sites is 1. The Bertz CT molecular complexity index is 999. The fourth-order valence-electron chi connectivity index (χ4n) is 2.60. The van der Waals surface area contributed by atoms with Gasteiger partial charge in [-0.25, -0.2) is 14.1 Å².